The number of ether oxygens (including phenoxy) is 1. The summed E-state index contributed by atoms with van der Waals surface area (Å²) in [5.74, 6) is -0.557. The van der Waals surface area contributed by atoms with E-state index in [1.54, 1.807) is 23.7 Å². The van der Waals surface area contributed by atoms with Crippen LogP contribution in [0.15, 0.2) is 64.0 Å². The molecule has 0 saturated heterocycles. The molecule has 0 fully saturated rings. The minimum atomic E-state index is -3.82. The Morgan fingerprint density at radius 3 is 2.37 bits per heavy atom. The molecule has 0 saturated carbocycles. The predicted octanol–water partition coefficient (Wildman–Crippen LogP) is 4.02. The second kappa shape index (κ2) is 8.95. The molecule has 7 nitrogen and oxygen atoms in total. The average Bonchev–Trinajstić information content (AvgIpc) is 3.06. The van der Waals surface area contributed by atoms with Gasteiger partial charge in [0.25, 0.3) is 0 Å². The standard InChI is InChI=1S/C21H20BrN3O4S/c1-3-29-21(26)19-18(22)20(14(2)13-15-7-5-4-6-8-15)25(24-19)16-9-11-17(12-10-16)30(23,27)28/h4-13H,3H2,1-2H3,(H2,23,27,28)/b14-13+. The van der Waals surface area contributed by atoms with Crippen molar-refractivity contribution in [3.05, 3.63) is 76.0 Å². The molecule has 0 bridgehead atoms. The maximum Gasteiger partial charge on any atom is 0.360 e. The number of nitrogens with two attached hydrogens (primary N) is 1. The number of primary sulfonamides is 1. The molecule has 9 heteroatoms. The monoisotopic (exact) mass is 489 g/mol. The quantitative estimate of drug-likeness (QED) is 0.526. The molecule has 0 unspecified atom stereocenters. The molecule has 0 atom stereocenters. The number of esters is 1. The molecular formula is C21H20BrN3O4S. The summed E-state index contributed by atoms with van der Waals surface area (Å²) in [7, 11) is -3.82. The van der Waals surface area contributed by atoms with Gasteiger partial charge in [-0.2, -0.15) is 5.10 Å². The van der Waals surface area contributed by atoms with Crippen LogP contribution in [0.1, 0.15) is 35.6 Å². The highest BCUT2D eigenvalue weighted by Crippen LogP contribution is 2.32. The van der Waals surface area contributed by atoms with E-state index < -0.39 is 16.0 Å². The number of sulfonamides is 1. The number of halogens is 1. The van der Waals surface area contributed by atoms with E-state index in [-0.39, 0.29) is 17.2 Å². The largest absolute Gasteiger partial charge is 0.461 e. The van der Waals surface area contributed by atoms with E-state index in [4.69, 9.17) is 9.88 Å². The van der Waals surface area contributed by atoms with Crippen LogP contribution in [0.4, 0.5) is 0 Å². The van der Waals surface area contributed by atoms with Crippen LogP contribution in [0, 0.1) is 0 Å². The van der Waals surface area contributed by atoms with Gasteiger partial charge in [-0.25, -0.2) is 23.0 Å². The summed E-state index contributed by atoms with van der Waals surface area (Å²) in [6, 6.07) is 15.7. The van der Waals surface area contributed by atoms with Crippen LogP contribution in [0.3, 0.4) is 0 Å². The van der Waals surface area contributed by atoms with Crippen molar-refractivity contribution in [3.8, 4) is 5.69 Å². The lowest BCUT2D eigenvalue weighted by Gasteiger charge is -2.09. The Hall–Kier alpha value is -2.75. The summed E-state index contributed by atoms with van der Waals surface area (Å²) in [6.45, 7) is 3.84. The number of nitrogens with zero attached hydrogens (tertiary/aromatic N) is 2. The van der Waals surface area contributed by atoms with Crippen molar-refractivity contribution in [2.45, 2.75) is 18.7 Å². The van der Waals surface area contributed by atoms with Gasteiger partial charge in [0.1, 0.15) is 0 Å². The highest BCUT2D eigenvalue weighted by molar-refractivity contribution is 9.10. The number of allylic oxidation sites excluding steroid dienone is 1. The third-order valence-corrected chi connectivity index (χ3v) is 5.94. The third-order valence-electron chi connectivity index (χ3n) is 4.26. The number of benzene rings is 2. The second-order valence-electron chi connectivity index (χ2n) is 6.42. The van der Waals surface area contributed by atoms with Gasteiger partial charge in [-0.15, -0.1) is 0 Å². The number of carbonyl (C=O) groups excluding carboxylic acids is 1. The Kier molecular flexibility index (Phi) is 6.55. The fourth-order valence-corrected chi connectivity index (χ4v) is 4.14. The van der Waals surface area contributed by atoms with Crippen molar-refractivity contribution in [1.29, 1.82) is 0 Å². The normalized spacial score (nSPS) is 12.1. The van der Waals surface area contributed by atoms with E-state index in [2.05, 4.69) is 21.0 Å². The highest BCUT2D eigenvalue weighted by atomic mass is 79.9. The van der Waals surface area contributed by atoms with Gasteiger partial charge in [-0.1, -0.05) is 30.3 Å². The molecule has 156 valence electrons. The topological polar surface area (TPSA) is 104 Å². The molecule has 2 N–H and O–H groups in total. The first-order valence-electron chi connectivity index (χ1n) is 9.05. The zero-order chi connectivity index (χ0) is 21.9. The second-order valence-corrected chi connectivity index (χ2v) is 8.77. The van der Waals surface area contributed by atoms with Gasteiger partial charge in [-0.05, 0) is 71.3 Å². The molecule has 3 aromatic rings. The molecule has 2 aromatic carbocycles. The fourth-order valence-electron chi connectivity index (χ4n) is 2.90. The summed E-state index contributed by atoms with van der Waals surface area (Å²) in [6.07, 6.45) is 1.96. The summed E-state index contributed by atoms with van der Waals surface area (Å²) < 4.78 is 30.3. The van der Waals surface area contributed by atoms with Crippen molar-refractivity contribution in [1.82, 2.24) is 9.78 Å². The number of hydrogen-bond acceptors (Lipinski definition) is 5. The van der Waals surface area contributed by atoms with E-state index in [1.807, 2.05) is 43.3 Å². The Morgan fingerprint density at radius 2 is 1.80 bits per heavy atom. The Labute approximate surface area is 183 Å². The van der Waals surface area contributed by atoms with Crippen LogP contribution in [-0.2, 0) is 14.8 Å². The third kappa shape index (κ3) is 4.69. The maximum absolute atomic E-state index is 12.4. The van der Waals surface area contributed by atoms with Crippen LogP contribution in [0.25, 0.3) is 17.3 Å². The molecule has 0 aliphatic rings. The first-order chi connectivity index (χ1) is 14.2. The van der Waals surface area contributed by atoms with E-state index in [9.17, 15) is 13.2 Å². The first-order valence-corrected chi connectivity index (χ1v) is 11.4. The van der Waals surface area contributed by atoms with Crippen LogP contribution >= 0.6 is 15.9 Å². The summed E-state index contributed by atoms with van der Waals surface area (Å²) in [5, 5.41) is 9.61. The molecule has 0 spiro atoms. The molecule has 3 rings (SSSR count). The van der Waals surface area contributed by atoms with Gasteiger partial charge in [0, 0.05) is 0 Å². The minimum Gasteiger partial charge on any atom is -0.461 e. The lowest BCUT2D eigenvalue weighted by atomic mass is 10.1. The van der Waals surface area contributed by atoms with Gasteiger partial charge >= 0.3 is 5.97 Å². The summed E-state index contributed by atoms with van der Waals surface area (Å²) in [4.78, 5) is 12.4. The van der Waals surface area contributed by atoms with Crippen molar-refractivity contribution in [2.75, 3.05) is 6.61 Å². The Morgan fingerprint density at radius 1 is 1.17 bits per heavy atom. The molecule has 1 aromatic heterocycles. The average molecular weight is 490 g/mol. The number of carbonyl (C=O) groups is 1. The Bertz CT molecular complexity index is 1200. The number of rotatable bonds is 6. The first kappa shape index (κ1) is 21.9. The van der Waals surface area contributed by atoms with Crippen LogP contribution < -0.4 is 5.14 Å². The SMILES string of the molecule is CCOC(=O)c1nn(-c2ccc(S(N)(=O)=O)cc2)c(/C(C)=C/c2ccccc2)c1Br. The van der Waals surface area contributed by atoms with E-state index in [1.165, 1.54) is 12.1 Å². The van der Waals surface area contributed by atoms with Crippen LogP contribution in [0.2, 0.25) is 0 Å². The zero-order valence-corrected chi connectivity index (χ0v) is 18.8. The van der Waals surface area contributed by atoms with E-state index in [0.717, 1.165) is 11.1 Å². The molecule has 0 aliphatic heterocycles. The molecule has 0 aliphatic carbocycles. The summed E-state index contributed by atoms with van der Waals surface area (Å²) in [5.41, 5.74) is 3.16. The lowest BCUT2D eigenvalue weighted by molar-refractivity contribution is 0.0518. The van der Waals surface area contributed by atoms with E-state index in [0.29, 0.717) is 15.9 Å². The van der Waals surface area contributed by atoms with Gasteiger partial charge in [0.15, 0.2) is 5.69 Å². The van der Waals surface area contributed by atoms with Crippen LogP contribution in [-0.4, -0.2) is 30.8 Å². The Balaban J connectivity index is 2.17. The molecule has 0 amide bonds. The predicted molar refractivity (Wildman–Crippen MR) is 119 cm³/mol. The van der Waals surface area contributed by atoms with Crippen molar-refractivity contribution in [3.63, 3.8) is 0 Å². The van der Waals surface area contributed by atoms with Gasteiger partial charge < -0.3 is 4.74 Å². The van der Waals surface area contributed by atoms with Crippen molar-refractivity contribution < 1.29 is 17.9 Å². The fraction of sp³-hybridized carbons (Fsp3) is 0.143. The van der Waals surface area contributed by atoms with E-state index >= 15 is 0 Å². The minimum absolute atomic E-state index is 0.0128. The number of hydrogen-bond donors (Lipinski definition) is 1. The highest BCUT2D eigenvalue weighted by Gasteiger charge is 2.24. The molecule has 0 radical (unpaired) electrons. The van der Waals surface area contributed by atoms with Gasteiger partial charge in [0.2, 0.25) is 10.0 Å². The smallest absolute Gasteiger partial charge is 0.360 e. The van der Waals surface area contributed by atoms with Crippen LogP contribution in [0.5, 0.6) is 0 Å². The molecule has 1 heterocycles. The summed E-state index contributed by atoms with van der Waals surface area (Å²) >= 11 is 3.49. The maximum atomic E-state index is 12.4. The number of aromatic nitrogens is 2. The lowest BCUT2D eigenvalue weighted by Crippen LogP contribution is -2.12. The van der Waals surface area contributed by atoms with Crippen molar-refractivity contribution >= 4 is 43.6 Å². The van der Waals surface area contributed by atoms with Gasteiger partial charge in [-0.3, -0.25) is 0 Å². The van der Waals surface area contributed by atoms with Crippen molar-refractivity contribution in [2.24, 2.45) is 5.14 Å². The zero-order valence-electron chi connectivity index (χ0n) is 16.4. The molecular weight excluding hydrogens is 470 g/mol. The van der Waals surface area contributed by atoms with Gasteiger partial charge in [0.05, 0.1) is 27.4 Å². The molecule has 30 heavy (non-hydrogen) atoms.